The molecule has 1 aromatic heterocycles. The lowest BCUT2D eigenvalue weighted by molar-refractivity contribution is 0.481. The maximum absolute atomic E-state index is 12.0. The number of aromatic amines is 1. The molecular weight excluding hydrogens is 274 g/mol. The number of pyridine rings is 1. The molecule has 0 spiro atoms. The summed E-state index contributed by atoms with van der Waals surface area (Å²) in [7, 11) is 0. The number of nitrogens with one attached hydrogen (secondary N) is 1. The molecule has 22 heavy (non-hydrogen) atoms. The molecule has 3 aromatic carbocycles. The van der Waals surface area contributed by atoms with Crippen LogP contribution in [0, 0.1) is 0 Å². The molecule has 0 aliphatic heterocycles. The third kappa shape index (κ3) is 1.79. The van der Waals surface area contributed by atoms with Crippen molar-refractivity contribution in [1.29, 1.82) is 0 Å². The zero-order valence-electron chi connectivity index (χ0n) is 11.7. The van der Waals surface area contributed by atoms with E-state index in [1.165, 1.54) is 0 Å². The average Bonchev–Trinajstić information content (AvgIpc) is 2.56. The van der Waals surface area contributed by atoms with Crippen molar-refractivity contribution in [1.82, 2.24) is 4.98 Å². The Kier molecular flexibility index (Phi) is 2.73. The third-order valence-electron chi connectivity index (χ3n) is 3.98. The predicted octanol–water partition coefficient (Wildman–Crippen LogP) is 4.05. The van der Waals surface area contributed by atoms with Crippen LogP contribution in [-0.2, 0) is 0 Å². The van der Waals surface area contributed by atoms with E-state index in [0.717, 1.165) is 21.9 Å². The first kappa shape index (κ1) is 12.7. The minimum atomic E-state index is -0.199. The quantitative estimate of drug-likeness (QED) is 0.555. The van der Waals surface area contributed by atoms with E-state index in [1.807, 2.05) is 42.5 Å². The number of phenolic OH excluding ortho intramolecular Hbond substituents is 1. The minimum absolute atomic E-state index is 0.117. The maximum atomic E-state index is 12.0. The van der Waals surface area contributed by atoms with Gasteiger partial charge in [0.15, 0.2) is 0 Å². The molecule has 0 fully saturated rings. The first-order chi connectivity index (χ1) is 10.8. The van der Waals surface area contributed by atoms with Gasteiger partial charge in [0.1, 0.15) is 5.75 Å². The van der Waals surface area contributed by atoms with E-state index in [4.69, 9.17) is 0 Å². The standard InChI is InChI=1S/C19H13NO2/c21-17-10-4-9-15-18(17)16(11-20-19(15)22)14-8-3-6-12-5-1-2-7-13(12)14/h1-11,21H,(H,20,22). The molecule has 3 nitrogen and oxygen atoms in total. The molecule has 3 heteroatoms. The zero-order valence-corrected chi connectivity index (χ0v) is 11.7. The van der Waals surface area contributed by atoms with E-state index in [1.54, 1.807) is 24.4 Å². The number of aromatic hydroxyl groups is 1. The van der Waals surface area contributed by atoms with Crippen LogP contribution in [0.2, 0.25) is 0 Å². The molecule has 4 rings (SSSR count). The lowest BCUT2D eigenvalue weighted by Gasteiger charge is -2.10. The first-order valence-corrected chi connectivity index (χ1v) is 7.07. The van der Waals surface area contributed by atoms with Gasteiger partial charge in [-0.2, -0.15) is 0 Å². The summed E-state index contributed by atoms with van der Waals surface area (Å²) in [6.07, 6.45) is 1.67. The van der Waals surface area contributed by atoms with Crippen molar-refractivity contribution in [3.63, 3.8) is 0 Å². The summed E-state index contributed by atoms with van der Waals surface area (Å²) in [5.74, 6) is 0.117. The van der Waals surface area contributed by atoms with Crippen LogP contribution in [0.5, 0.6) is 5.75 Å². The summed E-state index contributed by atoms with van der Waals surface area (Å²) in [5, 5.41) is 13.5. The topological polar surface area (TPSA) is 53.1 Å². The van der Waals surface area contributed by atoms with Crippen LogP contribution in [-0.4, -0.2) is 10.1 Å². The van der Waals surface area contributed by atoms with Crippen molar-refractivity contribution < 1.29 is 5.11 Å². The van der Waals surface area contributed by atoms with Crippen LogP contribution in [0.1, 0.15) is 0 Å². The second kappa shape index (κ2) is 4.74. The molecule has 2 N–H and O–H groups in total. The summed E-state index contributed by atoms with van der Waals surface area (Å²) < 4.78 is 0. The molecular formula is C19H13NO2. The van der Waals surface area contributed by atoms with E-state index in [0.29, 0.717) is 10.8 Å². The van der Waals surface area contributed by atoms with E-state index >= 15 is 0 Å². The van der Waals surface area contributed by atoms with Gasteiger partial charge in [-0.1, -0.05) is 48.5 Å². The van der Waals surface area contributed by atoms with Gasteiger partial charge in [0.05, 0.1) is 5.39 Å². The van der Waals surface area contributed by atoms with Gasteiger partial charge >= 0.3 is 0 Å². The van der Waals surface area contributed by atoms with Crippen molar-refractivity contribution in [2.75, 3.05) is 0 Å². The van der Waals surface area contributed by atoms with E-state index in [-0.39, 0.29) is 11.3 Å². The highest BCUT2D eigenvalue weighted by Gasteiger charge is 2.12. The molecule has 106 valence electrons. The van der Waals surface area contributed by atoms with Crippen LogP contribution >= 0.6 is 0 Å². The van der Waals surface area contributed by atoms with Crippen LogP contribution < -0.4 is 5.56 Å². The highest BCUT2D eigenvalue weighted by Crippen LogP contribution is 2.36. The number of hydrogen-bond donors (Lipinski definition) is 2. The molecule has 0 radical (unpaired) electrons. The molecule has 0 atom stereocenters. The maximum Gasteiger partial charge on any atom is 0.255 e. The van der Waals surface area contributed by atoms with Crippen molar-refractivity contribution in [3.05, 3.63) is 77.2 Å². The minimum Gasteiger partial charge on any atom is -0.507 e. The highest BCUT2D eigenvalue weighted by molar-refractivity contribution is 6.06. The summed E-state index contributed by atoms with van der Waals surface area (Å²) in [5.41, 5.74) is 1.61. The van der Waals surface area contributed by atoms with Crippen molar-refractivity contribution in [3.8, 4) is 16.9 Å². The average molecular weight is 287 g/mol. The van der Waals surface area contributed by atoms with E-state index < -0.39 is 0 Å². The van der Waals surface area contributed by atoms with Crippen molar-refractivity contribution in [2.45, 2.75) is 0 Å². The predicted molar refractivity (Wildman–Crippen MR) is 89.2 cm³/mol. The van der Waals surface area contributed by atoms with Gasteiger partial charge in [-0.25, -0.2) is 0 Å². The summed E-state index contributed by atoms with van der Waals surface area (Å²) in [6, 6.07) is 19.1. The Morgan fingerprint density at radius 1 is 0.773 bits per heavy atom. The third-order valence-corrected chi connectivity index (χ3v) is 3.98. The smallest absolute Gasteiger partial charge is 0.255 e. The number of rotatable bonds is 1. The molecule has 0 amide bonds. The van der Waals surface area contributed by atoms with Gasteiger partial charge in [-0.15, -0.1) is 0 Å². The molecule has 0 aliphatic rings. The molecule has 0 saturated carbocycles. The monoisotopic (exact) mass is 287 g/mol. The molecule has 0 bridgehead atoms. The fourth-order valence-corrected chi connectivity index (χ4v) is 2.97. The number of H-pyrrole nitrogens is 1. The Hall–Kier alpha value is -3.07. The second-order valence-electron chi connectivity index (χ2n) is 5.26. The first-order valence-electron chi connectivity index (χ1n) is 7.07. The van der Waals surface area contributed by atoms with E-state index in [2.05, 4.69) is 4.98 Å². The van der Waals surface area contributed by atoms with Gasteiger partial charge in [0.25, 0.3) is 5.56 Å². The van der Waals surface area contributed by atoms with Gasteiger partial charge in [-0.05, 0) is 28.5 Å². The summed E-state index contributed by atoms with van der Waals surface area (Å²) >= 11 is 0. The normalized spacial score (nSPS) is 11.1. The number of hydrogen-bond acceptors (Lipinski definition) is 2. The Labute approximate surface area is 126 Å². The summed E-state index contributed by atoms with van der Waals surface area (Å²) in [4.78, 5) is 14.8. The van der Waals surface area contributed by atoms with Crippen LogP contribution in [0.4, 0.5) is 0 Å². The van der Waals surface area contributed by atoms with Crippen molar-refractivity contribution >= 4 is 21.5 Å². The Morgan fingerprint density at radius 2 is 1.50 bits per heavy atom. The number of fused-ring (bicyclic) bond motifs is 2. The lowest BCUT2D eigenvalue weighted by Crippen LogP contribution is -2.05. The van der Waals surface area contributed by atoms with Gasteiger partial charge in [0, 0.05) is 17.1 Å². The molecule has 4 aromatic rings. The Balaban J connectivity index is 2.19. The fraction of sp³-hybridized carbons (Fsp3) is 0. The second-order valence-corrected chi connectivity index (χ2v) is 5.26. The Bertz CT molecular complexity index is 1060. The number of phenols is 1. The number of benzene rings is 3. The largest absolute Gasteiger partial charge is 0.507 e. The van der Waals surface area contributed by atoms with Gasteiger partial charge in [-0.3, -0.25) is 4.79 Å². The molecule has 1 heterocycles. The van der Waals surface area contributed by atoms with Crippen LogP contribution in [0.15, 0.2) is 71.7 Å². The summed E-state index contributed by atoms with van der Waals surface area (Å²) in [6.45, 7) is 0. The van der Waals surface area contributed by atoms with Gasteiger partial charge in [0.2, 0.25) is 0 Å². The van der Waals surface area contributed by atoms with Crippen LogP contribution in [0.25, 0.3) is 32.7 Å². The van der Waals surface area contributed by atoms with Crippen molar-refractivity contribution in [2.24, 2.45) is 0 Å². The zero-order chi connectivity index (χ0) is 15.1. The highest BCUT2D eigenvalue weighted by atomic mass is 16.3. The lowest BCUT2D eigenvalue weighted by atomic mass is 9.95. The molecule has 0 aliphatic carbocycles. The fourth-order valence-electron chi connectivity index (χ4n) is 2.97. The molecule has 0 unspecified atom stereocenters. The van der Waals surface area contributed by atoms with Gasteiger partial charge < -0.3 is 10.1 Å². The SMILES string of the molecule is O=c1[nH]cc(-c2cccc3ccccc23)c2c(O)cccc12. The van der Waals surface area contributed by atoms with E-state index in [9.17, 15) is 9.90 Å². The van der Waals surface area contributed by atoms with Crippen LogP contribution in [0.3, 0.4) is 0 Å². The Morgan fingerprint density at radius 3 is 2.41 bits per heavy atom. The molecule has 0 saturated heterocycles. The number of aromatic nitrogens is 1.